The van der Waals surface area contributed by atoms with E-state index >= 15 is 0 Å². The predicted molar refractivity (Wildman–Crippen MR) is 82.8 cm³/mol. The molecular formula is C14H19N3OS. The average Bonchev–Trinajstić information content (AvgIpc) is 2.40. The summed E-state index contributed by atoms with van der Waals surface area (Å²) in [6.45, 7) is 2.07. The number of pyridine rings is 1. The highest BCUT2D eigenvalue weighted by atomic mass is 32.2. The van der Waals surface area contributed by atoms with Gasteiger partial charge in [0.2, 0.25) is 0 Å². The minimum Gasteiger partial charge on any atom is -0.397 e. The molecule has 3 N–H and O–H groups in total. The molecule has 0 bridgehead atoms. The summed E-state index contributed by atoms with van der Waals surface area (Å²) in [5.74, 6) is 0.700. The zero-order chi connectivity index (χ0) is 13.8. The largest absolute Gasteiger partial charge is 0.397 e. The number of hydrogen-bond donors (Lipinski definition) is 2. The predicted octanol–water partition coefficient (Wildman–Crippen LogP) is 2.39. The van der Waals surface area contributed by atoms with Gasteiger partial charge in [-0.3, -0.25) is 9.19 Å². The van der Waals surface area contributed by atoms with Crippen molar-refractivity contribution in [3.8, 4) is 0 Å². The van der Waals surface area contributed by atoms with Crippen LogP contribution in [0.1, 0.15) is 13.3 Å². The Morgan fingerprint density at radius 1 is 1.42 bits per heavy atom. The molecule has 1 aromatic heterocycles. The van der Waals surface area contributed by atoms with E-state index in [-0.39, 0.29) is 6.04 Å². The molecule has 0 aliphatic rings. The fourth-order valence-corrected chi connectivity index (χ4v) is 2.68. The zero-order valence-corrected chi connectivity index (χ0v) is 12.0. The van der Waals surface area contributed by atoms with E-state index in [0.29, 0.717) is 5.75 Å². The first-order valence-corrected chi connectivity index (χ1v) is 7.99. The Labute approximate surface area is 115 Å². The molecule has 0 amide bonds. The fraction of sp³-hybridized carbons (Fsp3) is 0.357. The highest BCUT2D eigenvalue weighted by Crippen LogP contribution is 2.28. The lowest BCUT2D eigenvalue weighted by Crippen LogP contribution is -2.18. The summed E-state index contributed by atoms with van der Waals surface area (Å²) in [4.78, 5) is 4.08. The Morgan fingerprint density at radius 2 is 2.21 bits per heavy atom. The summed E-state index contributed by atoms with van der Waals surface area (Å²) < 4.78 is 11.1. The van der Waals surface area contributed by atoms with Gasteiger partial charge in [0.15, 0.2) is 0 Å². The standard InChI is InChI=1S/C14H19N3OS/c1-10(6-8-19(2)18)17-13-4-3-11-9-16-7-5-12(11)14(13)15/h3-5,7,9-10,17H,6,8,15H2,1-2H3. The Morgan fingerprint density at radius 3 is 2.95 bits per heavy atom. The van der Waals surface area contributed by atoms with E-state index in [9.17, 15) is 4.21 Å². The van der Waals surface area contributed by atoms with Crippen LogP contribution in [-0.4, -0.2) is 27.2 Å². The van der Waals surface area contributed by atoms with Crippen molar-refractivity contribution in [3.63, 3.8) is 0 Å². The SMILES string of the molecule is CC(CCS(C)=O)Nc1ccc2cnccc2c1N. The van der Waals surface area contributed by atoms with Gasteiger partial charge in [-0.25, -0.2) is 0 Å². The molecule has 2 atom stereocenters. The van der Waals surface area contributed by atoms with Crippen molar-refractivity contribution in [1.82, 2.24) is 4.98 Å². The molecule has 2 rings (SSSR count). The highest BCUT2D eigenvalue weighted by Gasteiger charge is 2.08. The molecule has 4 nitrogen and oxygen atoms in total. The quantitative estimate of drug-likeness (QED) is 0.823. The van der Waals surface area contributed by atoms with Crippen LogP contribution in [0.5, 0.6) is 0 Å². The van der Waals surface area contributed by atoms with Crippen LogP contribution in [0, 0.1) is 0 Å². The topological polar surface area (TPSA) is 68.0 Å². The normalized spacial score (nSPS) is 14.2. The Bertz CT molecular complexity index is 600. The summed E-state index contributed by atoms with van der Waals surface area (Å²) in [5, 5.41) is 5.42. The number of nitrogens with zero attached hydrogens (tertiary/aromatic N) is 1. The second kappa shape index (κ2) is 6.02. The van der Waals surface area contributed by atoms with Crippen molar-refractivity contribution in [3.05, 3.63) is 30.6 Å². The van der Waals surface area contributed by atoms with Gasteiger partial charge in [-0.2, -0.15) is 0 Å². The number of aromatic nitrogens is 1. The van der Waals surface area contributed by atoms with Crippen molar-refractivity contribution >= 4 is 32.9 Å². The maximum atomic E-state index is 11.1. The van der Waals surface area contributed by atoms with Gasteiger partial charge in [-0.1, -0.05) is 6.07 Å². The van der Waals surface area contributed by atoms with E-state index < -0.39 is 10.8 Å². The fourth-order valence-electron chi connectivity index (χ4n) is 2.00. The zero-order valence-electron chi connectivity index (χ0n) is 11.2. The van der Waals surface area contributed by atoms with Gasteiger partial charge in [0.05, 0.1) is 11.4 Å². The summed E-state index contributed by atoms with van der Waals surface area (Å²) in [7, 11) is -0.751. The molecule has 0 radical (unpaired) electrons. The van der Waals surface area contributed by atoms with Crippen molar-refractivity contribution in [2.75, 3.05) is 23.1 Å². The maximum absolute atomic E-state index is 11.1. The van der Waals surface area contributed by atoms with Crippen LogP contribution in [0.25, 0.3) is 10.8 Å². The first-order chi connectivity index (χ1) is 9.08. The van der Waals surface area contributed by atoms with Gasteiger partial charge >= 0.3 is 0 Å². The monoisotopic (exact) mass is 277 g/mol. The second-order valence-corrected chi connectivity index (χ2v) is 6.29. The van der Waals surface area contributed by atoms with Gasteiger partial charge in [0.25, 0.3) is 0 Å². The van der Waals surface area contributed by atoms with Crippen LogP contribution >= 0.6 is 0 Å². The third-order valence-corrected chi connectivity index (χ3v) is 3.91. The van der Waals surface area contributed by atoms with Crippen LogP contribution < -0.4 is 11.1 Å². The van der Waals surface area contributed by atoms with Crippen molar-refractivity contribution in [2.45, 2.75) is 19.4 Å². The van der Waals surface area contributed by atoms with Crippen LogP contribution in [0.15, 0.2) is 30.6 Å². The van der Waals surface area contributed by atoms with E-state index in [2.05, 4.69) is 17.2 Å². The van der Waals surface area contributed by atoms with E-state index in [4.69, 9.17) is 5.73 Å². The molecule has 102 valence electrons. The van der Waals surface area contributed by atoms with Gasteiger partial charge < -0.3 is 11.1 Å². The molecule has 0 spiro atoms. The van der Waals surface area contributed by atoms with E-state index in [1.807, 2.05) is 18.2 Å². The number of fused-ring (bicyclic) bond motifs is 1. The third kappa shape index (κ3) is 3.44. The maximum Gasteiger partial charge on any atom is 0.0630 e. The highest BCUT2D eigenvalue weighted by molar-refractivity contribution is 7.84. The molecule has 0 saturated heterocycles. The first kappa shape index (κ1) is 13.8. The molecule has 0 aliphatic carbocycles. The van der Waals surface area contributed by atoms with E-state index in [0.717, 1.165) is 28.6 Å². The number of nitrogens with one attached hydrogen (secondary N) is 1. The summed E-state index contributed by atoms with van der Waals surface area (Å²) >= 11 is 0. The average molecular weight is 277 g/mol. The molecule has 1 aromatic carbocycles. The lowest BCUT2D eigenvalue weighted by molar-refractivity contribution is 0.678. The second-order valence-electron chi connectivity index (χ2n) is 4.73. The number of nitrogens with two attached hydrogens (primary N) is 1. The molecule has 0 aliphatic heterocycles. The Hall–Kier alpha value is -1.62. The van der Waals surface area contributed by atoms with Crippen molar-refractivity contribution in [2.24, 2.45) is 0 Å². The Balaban J connectivity index is 2.16. The van der Waals surface area contributed by atoms with Crippen molar-refractivity contribution < 1.29 is 4.21 Å². The molecule has 0 saturated carbocycles. The number of anilines is 2. The van der Waals surface area contributed by atoms with Crippen LogP contribution in [-0.2, 0) is 10.8 Å². The number of hydrogen-bond acceptors (Lipinski definition) is 4. The minimum atomic E-state index is -0.751. The summed E-state index contributed by atoms with van der Waals surface area (Å²) in [5.41, 5.74) is 7.84. The molecule has 5 heteroatoms. The number of benzene rings is 1. The van der Waals surface area contributed by atoms with Crippen LogP contribution in [0.2, 0.25) is 0 Å². The van der Waals surface area contributed by atoms with Gasteiger partial charge in [0, 0.05) is 52.0 Å². The number of nitrogen functional groups attached to an aromatic ring is 1. The molecule has 2 aromatic rings. The van der Waals surface area contributed by atoms with E-state index in [1.165, 1.54) is 0 Å². The number of rotatable bonds is 5. The third-order valence-electron chi connectivity index (χ3n) is 3.10. The Kier molecular flexibility index (Phi) is 4.37. The lowest BCUT2D eigenvalue weighted by atomic mass is 10.1. The molecule has 1 heterocycles. The molecule has 2 unspecified atom stereocenters. The smallest absolute Gasteiger partial charge is 0.0630 e. The molecule has 19 heavy (non-hydrogen) atoms. The van der Waals surface area contributed by atoms with Gasteiger partial charge in [-0.05, 0) is 25.5 Å². The van der Waals surface area contributed by atoms with E-state index in [1.54, 1.807) is 18.6 Å². The molecular weight excluding hydrogens is 258 g/mol. The van der Waals surface area contributed by atoms with Crippen LogP contribution in [0.3, 0.4) is 0 Å². The summed E-state index contributed by atoms with van der Waals surface area (Å²) in [6, 6.07) is 6.14. The van der Waals surface area contributed by atoms with Crippen LogP contribution in [0.4, 0.5) is 11.4 Å². The minimum absolute atomic E-state index is 0.241. The summed E-state index contributed by atoms with van der Waals surface area (Å²) in [6.07, 6.45) is 6.13. The van der Waals surface area contributed by atoms with Gasteiger partial charge in [0.1, 0.15) is 0 Å². The lowest BCUT2D eigenvalue weighted by Gasteiger charge is -2.17. The van der Waals surface area contributed by atoms with Crippen molar-refractivity contribution in [1.29, 1.82) is 0 Å². The van der Waals surface area contributed by atoms with Gasteiger partial charge in [-0.15, -0.1) is 0 Å². The first-order valence-electron chi connectivity index (χ1n) is 6.26. The molecule has 0 fully saturated rings.